The third-order valence-corrected chi connectivity index (χ3v) is 3.86. The predicted molar refractivity (Wildman–Crippen MR) is 79.7 cm³/mol. The molecule has 4 nitrogen and oxygen atoms in total. The van der Waals surface area contributed by atoms with Crippen molar-refractivity contribution >= 4 is 22.6 Å². The molecule has 2 rings (SSSR count). The van der Waals surface area contributed by atoms with Crippen LogP contribution in [0.2, 0.25) is 0 Å². The van der Waals surface area contributed by atoms with E-state index in [1.165, 1.54) is 12.1 Å². The zero-order valence-electron chi connectivity index (χ0n) is 10.9. The Morgan fingerprint density at radius 1 is 1.05 bits per heavy atom. The number of non-ortho nitro benzene ring substituents is 1. The predicted octanol–water partition coefficient (Wildman–Crippen LogP) is 3.68. The fourth-order valence-corrected chi connectivity index (χ4v) is 2.44. The van der Waals surface area contributed by atoms with Gasteiger partial charge in [-0.1, -0.05) is 17.7 Å². The highest BCUT2D eigenvalue weighted by molar-refractivity contribution is 7.88. The lowest BCUT2D eigenvalue weighted by Gasteiger charge is -1.98. The van der Waals surface area contributed by atoms with E-state index in [0.29, 0.717) is 0 Å². The standard InChI is InChI=1S/C15H13NO3S/c1-12-2-8-15(9-3-12)20(19)11-10-13-4-6-14(7-5-13)16(17)18/h2-11H,1H3/b11-10-. The second kappa shape index (κ2) is 6.25. The Kier molecular flexibility index (Phi) is 4.42. The Labute approximate surface area is 119 Å². The molecular formula is C15H13NO3S. The van der Waals surface area contributed by atoms with Gasteiger partial charge in [0.05, 0.1) is 15.7 Å². The zero-order valence-corrected chi connectivity index (χ0v) is 11.7. The van der Waals surface area contributed by atoms with E-state index in [4.69, 9.17) is 0 Å². The van der Waals surface area contributed by atoms with E-state index in [1.807, 2.05) is 31.2 Å². The molecule has 20 heavy (non-hydrogen) atoms. The highest BCUT2D eigenvalue weighted by Crippen LogP contribution is 2.14. The van der Waals surface area contributed by atoms with E-state index in [-0.39, 0.29) is 5.69 Å². The Bertz CT molecular complexity index is 661. The first kappa shape index (κ1) is 14.1. The van der Waals surface area contributed by atoms with Crippen LogP contribution in [0.15, 0.2) is 58.8 Å². The summed E-state index contributed by atoms with van der Waals surface area (Å²) >= 11 is 0. The Balaban J connectivity index is 2.10. The minimum absolute atomic E-state index is 0.0433. The number of aryl methyl sites for hydroxylation is 1. The molecule has 5 heteroatoms. The normalized spacial score (nSPS) is 12.4. The van der Waals surface area contributed by atoms with Crippen molar-refractivity contribution in [3.8, 4) is 0 Å². The van der Waals surface area contributed by atoms with E-state index >= 15 is 0 Å². The van der Waals surface area contributed by atoms with Gasteiger partial charge in [0.15, 0.2) is 0 Å². The SMILES string of the molecule is Cc1ccc(S(=O)/C=C\c2ccc([N+](=O)[O-])cc2)cc1. The summed E-state index contributed by atoms with van der Waals surface area (Å²) in [5.41, 5.74) is 1.93. The molecule has 0 saturated carbocycles. The second-order valence-electron chi connectivity index (χ2n) is 4.26. The molecule has 1 atom stereocenters. The monoisotopic (exact) mass is 287 g/mol. The largest absolute Gasteiger partial charge is 0.269 e. The maximum absolute atomic E-state index is 12.0. The van der Waals surface area contributed by atoms with Crippen LogP contribution in [0.1, 0.15) is 11.1 Å². The summed E-state index contributed by atoms with van der Waals surface area (Å²) < 4.78 is 12.0. The highest BCUT2D eigenvalue weighted by Gasteiger charge is 2.03. The van der Waals surface area contributed by atoms with E-state index in [2.05, 4.69) is 0 Å². The number of benzene rings is 2. The van der Waals surface area contributed by atoms with Gasteiger partial charge in [0.2, 0.25) is 0 Å². The van der Waals surface area contributed by atoms with Crippen LogP contribution in [0.3, 0.4) is 0 Å². The van der Waals surface area contributed by atoms with Crippen molar-refractivity contribution in [2.75, 3.05) is 0 Å². The molecule has 0 saturated heterocycles. The lowest BCUT2D eigenvalue weighted by molar-refractivity contribution is -0.384. The molecule has 0 heterocycles. The quantitative estimate of drug-likeness (QED) is 0.636. The molecule has 0 spiro atoms. The molecule has 2 aromatic carbocycles. The molecule has 102 valence electrons. The average Bonchev–Trinajstić information content (AvgIpc) is 2.46. The van der Waals surface area contributed by atoms with E-state index < -0.39 is 15.7 Å². The molecule has 0 aliphatic rings. The molecular weight excluding hydrogens is 274 g/mol. The third-order valence-electron chi connectivity index (χ3n) is 2.74. The zero-order chi connectivity index (χ0) is 14.5. The third kappa shape index (κ3) is 3.61. The second-order valence-corrected chi connectivity index (χ2v) is 5.60. The van der Waals surface area contributed by atoms with Gasteiger partial charge in [-0.15, -0.1) is 0 Å². The number of nitro benzene ring substituents is 1. The van der Waals surface area contributed by atoms with Gasteiger partial charge >= 0.3 is 0 Å². The fourth-order valence-electron chi connectivity index (χ4n) is 1.60. The summed E-state index contributed by atoms with van der Waals surface area (Å²) in [5, 5.41) is 12.1. The Morgan fingerprint density at radius 2 is 1.65 bits per heavy atom. The maximum atomic E-state index is 12.0. The molecule has 0 amide bonds. The van der Waals surface area contributed by atoms with Crippen LogP contribution >= 0.6 is 0 Å². The number of hydrogen-bond donors (Lipinski definition) is 0. The highest BCUT2D eigenvalue weighted by atomic mass is 32.2. The summed E-state index contributed by atoms with van der Waals surface area (Å²) in [4.78, 5) is 10.8. The average molecular weight is 287 g/mol. The van der Waals surface area contributed by atoms with Gasteiger partial charge in [-0.25, -0.2) is 4.21 Å². The van der Waals surface area contributed by atoms with Crippen LogP contribution < -0.4 is 0 Å². The molecule has 1 unspecified atom stereocenters. The lowest BCUT2D eigenvalue weighted by atomic mass is 10.2. The molecule has 0 fully saturated rings. The number of nitrogens with zero attached hydrogens (tertiary/aromatic N) is 1. The van der Waals surface area contributed by atoms with Gasteiger partial charge < -0.3 is 0 Å². The van der Waals surface area contributed by atoms with Crippen LogP contribution in [-0.2, 0) is 10.8 Å². The molecule has 0 aliphatic heterocycles. The van der Waals surface area contributed by atoms with Gasteiger partial charge in [-0.05, 0) is 42.8 Å². The number of hydrogen-bond acceptors (Lipinski definition) is 3. The molecule has 0 bridgehead atoms. The summed E-state index contributed by atoms with van der Waals surface area (Å²) in [6.45, 7) is 1.97. The first-order valence-corrected chi connectivity index (χ1v) is 7.17. The lowest BCUT2D eigenvalue weighted by Crippen LogP contribution is -1.88. The minimum Gasteiger partial charge on any atom is -0.258 e. The smallest absolute Gasteiger partial charge is 0.258 e. The van der Waals surface area contributed by atoms with Crippen molar-refractivity contribution in [2.45, 2.75) is 11.8 Å². The molecule has 0 radical (unpaired) electrons. The van der Waals surface area contributed by atoms with Crippen molar-refractivity contribution in [3.63, 3.8) is 0 Å². The maximum Gasteiger partial charge on any atom is 0.269 e. The van der Waals surface area contributed by atoms with Crippen molar-refractivity contribution in [1.82, 2.24) is 0 Å². The first-order chi connectivity index (χ1) is 9.56. The fraction of sp³-hybridized carbons (Fsp3) is 0.0667. The summed E-state index contributed by atoms with van der Waals surface area (Å²) in [6, 6.07) is 13.6. The summed E-state index contributed by atoms with van der Waals surface area (Å²) in [6.07, 6.45) is 1.69. The molecule has 0 aliphatic carbocycles. The summed E-state index contributed by atoms with van der Waals surface area (Å²) in [5.74, 6) is 0. The van der Waals surface area contributed by atoms with Gasteiger partial charge in [0.25, 0.3) is 5.69 Å². The van der Waals surface area contributed by atoms with Gasteiger partial charge in [-0.2, -0.15) is 0 Å². The topological polar surface area (TPSA) is 60.2 Å². The van der Waals surface area contributed by atoms with Gasteiger partial charge in [0, 0.05) is 22.4 Å². The molecule has 0 N–H and O–H groups in total. The van der Waals surface area contributed by atoms with Crippen LogP contribution in [0.25, 0.3) is 6.08 Å². The summed E-state index contributed by atoms with van der Waals surface area (Å²) in [7, 11) is -1.22. The van der Waals surface area contributed by atoms with Crippen LogP contribution in [-0.4, -0.2) is 9.13 Å². The number of rotatable bonds is 4. The van der Waals surface area contributed by atoms with Crippen LogP contribution in [0.4, 0.5) is 5.69 Å². The van der Waals surface area contributed by atoms with Crippen molar-refractivity contribution in [3.05, 3.63) is 75.2 Å². The van der Waals surface area contributed by atoms with E-state index in [1.54, 1.807) is 23.6 Å². The van der Waals surface area contributed by atoms with Crippen molar-refractivity contribution in [2.24, 2.45) is 0 Å². The Morgan fingerprint density at radius 3 is 2.20 bits per heavy atom. The molecule has 2 aromatic rings. The van der Waals surface area contributed by atoms with Gasteiger partial charge in [0.1, 0.15) is 0 Å². The Hall–Kier alpha value is -2.27. The van der Waals surface area contributed by atoms with Crippen molar-refractivity contribution < 1.29 is 9.13 Å². The van der Waals surface area contributed by atoms with E-state index in [9.17, 15) is 14.3 Å². The first-order valence-electron chi connectivity index (χ1n) is 5.96. The van der Waals surface area contributed by atoms with Crippen LogP contribution in [0.5, 0.6) is 0 Å². The molecule has 0 aromatic heterocycles. The van der Waals surface area contributed by atoms with Gasteiger partial charge in [-0.3, -0.25) is 10.1 Å². The number of nitro groups is 1. The van der Waals surface area contributed by atoms with E-state index in [0.717, 1.165) is 16.0 Å². The van der Waals surface area contributed by atoms with Crippen LogP contribution in [0, 0.1) is 17.0 Å². The van der Waals surface area contributed by atoms with Crippen molar-refractivity contribution in [1.29, 1.82) is 0 Å². The minimum atomic E-state index is -1.22.